The summed E-state index contributed by atoms with van der Waals surface area (Å²) in [5.74, 6) is 0.651. The second-order valence-electron chi connectivity index (χ2n) is 4.71. The average molecular weight is 247 g/mol. The molecule has 2 aromatic rings. The quantitative estimate of drug-likeness (QED) is 0.847. The van der Waals surface area contributed by atoms with Crippen LogP contribution >= 0.6 is 0 Å². The Balaban J connectivity index is 2.34. The number of nitrogens with two attached hydrogens (primary N) is 1. The zero-order valence-electron chi connectivity index (χ0n) is 11.3. The molecule has 0 saturated heterocycles. The molecule has 5 nitrogen and oxygen atoms in total. The third-order valence-electron chi connectivity index (χ3n) is 3.68. The van der Waals surface area contributed by atoms with E-state index in [-0.39, 0.29) is 5.54 Å². The van der Waals surface area contributed by atoms with Gasteiger partial charge in [0.25, 0.3) is 0 Å². The fraction of sp³-hybridized carbons (Fsp3) is 0.538. The maximum absolute atomic E-state index is 5.88. The highest BCUT2D eigenvalue weighted by Crippen LogP contribution is 2.20. The normalized spacial score (nSPS) is 12.0. The lowest BCUT2D eigenvalue weighted by atomic mass is 9.93. The molecule has 0 radical (unpaired) electrons. The Morgan fingerprint density at radius 2 is 2.11 bits per heavy atom. The second-order valence-corrected chi connectivity index (χ2v) is 4.71. The van der Waals surface area contributed by atoms with Gasteiger partial charge in [-0.2, -0.15) is 4.98 Å². The van der Waals surface area contributed by atoms with E-state index in [9.17, 15) is 0 Å². The molecule has 0 atom stereocenters. The summed E-state index contributed by atoms with van der Waals surface area (Å²) in [5.41, 5.74) is 7.77. The number of pyridine rings is 1. The highest BCUT2D eigenvalue weighted by molar-refractivity contribution is 5.50. The molecule has 0 aliphatic rings. The van der Waals surface area contributed by atoms with E-state index in [0.717, 1.165) is 24.1 Å². The van der Waals surface area contributed by atoms with Crippen LogP contribution in [0.2, 0.25) is 0 Å². The van der Waals surface area contributed by atoms with Gasteiger partial charge in [0.05, 0.1) is 5.54 Å². The summed E-state index contributed by atoms with van der Waals surface area (Å²) in [6.45, 7) is 6.87. The van der Waals surface area contributed by atoms with Gasteiger partial charge in [-0.1, -0.05) is 19.9 Å². The minimum absolute atomic E-state index is 0.112. The van der Waals surface area contributed by atoms with Crippen LogP contribution in [-0.2, 0) is 0 Å². The first kappa shape index (κ1) is 12.8. The largest absolute Gasteiger partial charge is 0.346 e. The maximum Gasteiger partial charge on any atom is 0.243 e. The van der Waals surface area contributed by atoms with Crippen molar-refractivity contribution in [3.05, 3.63) is 23.9 Å². The average Bonchev–Trinajstić information content (AvgIpc) is 2.80. The number of aryl methyl sites for hydroxylation is 1. The lowest BCUT2D eigenvalue weighted by Gasteiger charge is -2.30. The molecule has 0 aliphatic heterocycles. The van der Waals surface area contributed by atoms with Gasteiger partial charge in [0.2, 0.25) is 5.95 Å². The van der Waals surface area contributed by atoms with E-state index >= 15 is 0 Å². The minimum Gasteiger partial charge on any atom is -0.346 e. The lowest BCUT2D eigenvalue weighted by molar-refractivity contribution is 0.442. The van der Waals surface area contributed by atoms with Gasteiger partial charge in [-0.15, -0.1) is 5.10 Å². The Morgan fingerprint density at radius 1 is 1.39 bits per heavy atom. The molecule has 3 N–H and O–H groups in total. The predicted molar refractivity (Wildman–Crippen MR) is 73.7 cm³/mol. The number of nitrogens with zero attached hydrogens (tertiary/aromatic N) is 3. The monoisotopic (exact) mass is 247 g/mol. The summed E-state index contributed by atoms with van der Waals surface area (Å²) in [6, 6.07) is 4.00. The second kappa shape index (κ2) is 4.94. The van der Waals surface area contributed by atoms with Crippen LogP contribution < -0.4 is 11.1 Å². The van der Waals surface area contributed by atoms with Crippen molar-refractivity contribution < 1.29 is 0 Å². The first-order valence-corrected chi connectivity index (χ1v) is 6.44. The molecule has 0 fully saturated rings. The predicted octanol–water partition coefficient (Wildman–Crippen LogP) is 1.97. The van der Waals surface area contributed by atoms with Crippen LogP contribution in [0.25, 0.3) is 5.65 Å². The number of fused-ring (bicyclic) bond motifs is 1. The topological polar surface area (TPSA) is 68.2 Å². The fourth-order valence-corrected chi connectivity index (χ4v) is 2.10. The van der Waals surface area contributed by atoms with E-state index in [4.69, 9.17) is 5.73 Å². The van der Waals surface area contributed by atoms with E-state index in [0.29, 0.717) is 12.5 Å². The molecule has 0 spiro atoms. The van der Waals surface area contributed by atoms with E-state index < -0.39 is 0 Å². The molecule has 0 aromatic carbocycles. The molecule has 0 amide bonds. The number of rotatable bonds is 5. The summed E-state index contributed by atoms with van der Waals surface area (Å²) in [7, 11) is 0. The molecular weight excluding hydrogens is 226 g/mol. The van der Waals surface area contributed by atoms with Crippen LogP contribution in [-0.4, -0.2) is 26.7 Å². The van der Waals surface area contributed by atoms with Crippen molar-refractivity contribution in [1.29, 1.82) is 0 Å². The van der Waals surface area contributed by atoms with E-state index in [1.165, 1.54) is 0 Å². The standard InChI is InChI=1S/C13H21N5/c1-4-13(5-2,9-14)16-12-15-11-10(3)7-6-8-18(11)17-12/h6-8H,4-5,9,14H2,1-3H3,(H,16,17). The molecule has 98 valence electrons. The van der Waals surface area contributed by atoms with Crippen LogP contribution in [0, 0.1) is 6.92 Å². The Morgan fingerprint density at radius 3 is 2.67 bits per heavy atom. The zero-order chi connectivity index (χ0) is 13.2. The first-order chi connectivity index (χ1) is 8.64. The Bertz CT molecular complexity index is 519. The van der Waals surface area contributed by atoms with Crippen molar-refractivity contribution in [1.82, 2.24) is 14.6 Å². The Labute approximate surface area is 107 Å². The smallest absolute Gasteiger partial charge is 0.243 e. The van der Waals surface area contributed by atoms with Crippen LogP contribution in [0.1, 0.15) is 32.3 Å². The number of hydrogen-bond acceptors (Lipinski definition) is 4. The van der Waals surface area contributed by atoms with Gasteiger partial charge in [-0.05, 0) is 31.4 Å². The van der Waals surface area contributed by atoms with E-state index in [1.54, 1.807) is 4.52 Å². The summed E-state index contributed by atoms with van der Waals surface area (Å²) in [4.78, 5) is 4.53. The third kappa shape index (κ3) is 2.18. The molecule has 2 heterocycles. The van der Waals surface area contributed by atoms with E-state index in [1.807, 2.05) is 25.3 Å². The molecule has 18 heavy (non-hydrogen) atoms. The van der Waals surface area contributed by atoms with Gasteiger partial charge >= 0.3 is 0 Å². The van der Waals surface area contributed by atoms with E-state index in [2.05, 4.69) is 29.2 Å². The molecule has 5 heteroatoms. The van der Waals surface area contributed by atoms with Crippen LogP contribution in [0.15, 0.2) is 18.3 Å². The van der Waals surface area contributed by atoms with Gasteiger partial charge in [0, 0.05) is 12.7 Å². The number of aromatic nitrogens is 3. The molecule has 0 saturated carbocycles. The van der Waals surface area contributed by atoms with Gasteiger partial charge in [0.15, 0.2) is 5.65 Å². The molecular formula is C13H21N5. The Hall–Kier alpha value is -1.62. The van der Waals surface area contributed by atoms with Gasteiger partial charge < -0.3 is 11.1 Å². The van der Waals surface area contributed by atoms with Gasteiger partial charge in [-0.3, -0.25) is 0 Å². The maximum atomic E-state index is 5.88. The Kier molecular flexibility index (Phi) is 3.52. The number of anilines is 1. The van der Waals surface area contributed by atoms with Crippen molar-refractivity contribution in [2.75, 3.05) is 11.9 Å². The van der Waals surface area contributed by atoms with Crippen molar-refractivity contribution >= 4 is 11.6 Å². The molecule has 0 aliphatic carbocycles. The molecule has 0 bridgehead atoms. The van der Waals surface area contributed by atoms with Crippen LogP contribution in [0.4, 0.5) is 5.95 Å². The van der Waals surface area contributed by atoms with Crippen LogP contribution in [0.5, 0.6) is 0 Å². The zero-order valence-corrected chi connectivity index (χ0v) is 11.3. The molecule has 2 aromatic heterocycles. The van der Waals surface area contributed by atoms with Crippen molar-refractivity contribution in [3.63, 3.8) is 0 Å². The van der Waals surface area contributed by atoms with Crippen LogP contribution in [0.3, 0.4) is 0 Å². The number of hydrogen-bond donors (Lipinski definition) is 2. The summed E-state index contributed by atoms with van der Waals surface area (Å²) in [6.07, 6.45) is 3.81. The summed E-state index contributed by atoms with van der Waals surface area (Å²) < 4.78 is 1.80. The minimum atomic E-state index is -0.112. The highest BCUT2D eigenvalue weighted by Gasteiger charge is 2.25. The van der Waals surface area contributed by atoms with Crippen molar-refractivity contribution in [2.24, 2.45) is 5.73 Å². The highest BCUT2D eigenvalue weighted by atomic mass is 15.4. The third-order valence-corrected chi connectivity index (χ3v) is 3.68. The summed E-state index contributed by atoms with van der Waals surface area (Å²) >= 11 is 0. The fourth-order valence-electron chi connectivity index (χ4n) is 2.10. The number of nitrogens with one attached hydrogen (secondary N) is 1. The van der Waals surface area contributed by atoms with Crippen molar-refractivity contribution in [2.45, 2.75) is 39.2 Å². The van der Waals surface area contributed by atoms with Gasteiger partial charge in [0.1, 0.15) is 0 Å². The lowest BCUT2D eigenvalue weighted by Crippen LogP contribution is -2.44. The first-order valence-electron chi connectivity index (χ1n) is 6.44. The SMILES string of the molecule is CCC(CC)(CN)Nc1nc2c(C)cccn2n1. The molecule has 0 unspecified atom stereocenters. The van der Waals surface area contributed by atoms with Gasteiger partial charge in [-0.25, -0.2) is 4.52 Å². The molecule has 2 rings (SSSR count). The summed E-state index contributed by atoms with van der Waals surface area (Å²) in [5, 5.41) is 7.83. The van der Waals surface area contributed by atoms with Crippen molar-refractivity contribution in [3.8, 4) is 0 Å².